The fourth-order valence-corrected chi connectivity index (χ4v) is 2.17. The molecule has 110 valence electrons. The van der Waals surface area contributed by atoms with Crippen LogP contribution in [0, 0.1) is 5.41 Å². The van der Waals surface area contributed by atoms with E-state index >= 15 is 0 Å². The van der Waals surface area contributed by atoms with Gasteiger partial charge in [0.05, 0.1) is 6.42 Å². The van der Waals surface area contributed by atoms with E-state index in [-0.39, 0.29) is 6.42 Å². The Morgan fingerprint density at radius 2 is 1.90 bits per heavy atom. The highest BCUT2D eigenvalue weighted by atomic mass is 35.5. The molecule has 0 radical (unpaired) electrons. The van der Waals surface area contributed by atoms with Crippen LogP contribution < -0.4 is 5.32 Å². The summed E-state index contributed by atoms with van der Waals surface area (Å²) in [6.07, 6.45) is 0.00978. The first-order valence-corrected chi connectivity index (χ1v) is 6.83. The summed E-state index contributed by atoms with van der Waals surface area (Å²) < 4.78 is 0. The third kappa shape index (κ3) is 4.69. The molecular weight excluding hydrogens is 301 g/mol. The molecule has 0 aliphatic heterocycles. The summed E-state index contributed by atoms with van der Waals surface area (Å²) in [5, 5.41) is 12.5. The van der Waals surface area contributed by atoms with E-state index in [0.717, 1.165) is 0 Å². The van der Waals surface area contributed by atoms with E-state index in [1.807, 2.05) is 0 Å². The second-order valence-electron chi connectivity index (χ2n) is 5.62. The van der Waals surface area contributed by atoms with Crippen LogP contribution in [0.3, 0.4) is 0 Å². The summed E-state index contributed by atoms with van der Waals surface area (Å²) in [4.78, 5) is 23.1. The van der Waals surface area contributed by atoms with Crippen LogP contribution in [0.2, 0.25) is 10.0 Å². The molecule has 0 heterocycles. The zero-order chi connectivity index (χ0) is 15.5. The maximum atomic E-state index is 11.9. The van der Waals surface area contributed by atoms with Crippen LogP contribution in [0.25, 0.3) is 0 Å². The Hall–Kier alpha value is -1.26. The number of hydrogen-bond donors (Lipinski definition) is 2. The molecule has 1 amide bonds. The van der Waals surface area contributed by atoms with Crippen molar-refractivity contribution in [2.45, 2.75) is 33.2 Å². The molecule has 0 aromatic heterocycles. The molecule has 4 nitrogen and oxygen atoms in total. The van der Waals surface area contributed by atoms with Crippen molar-refractivity contribution in [3.8, 4) is 0 Å². The third-order valence-corrected chi connectivity index (χ3v) is 3.37. The van der Waals surface area contributed by atoms with E-state index in [2.05, 4.69) is 5.32 Å². The van der Waals surface area contributed by atoms with Crippen LogP contribution in [-0.2, 0) is 16.0 Å². The van der Waals surface area contributed by atoms with Gasteiger partial charge in [-0.25, -0.2) is 4.79 Å². The molecule has 6 heteroatoms. The quantitative estimate of drug-likeness (QED) is 0.896. The van der Waals surface area contributed by atoms with E-state index in [1.54, 1.807) is 39.0 Å². The van der Waals surface area contributed by atoms with Gasteiger partial charge in [-0.15, -0.1) is 0 Å². The molecule has 0 saturated heterocycles. The second kappa shape index (κ2) is 6.46. The van der Waals surface area contributed by atoms with Crippen molar-refractivity contribution >= 4 is 35.1 Å². The zero-order valence-corrected chi connectivity index (χ0v) is 13.0. The van der Waals surface area contributed by atoms with Crippen molar-refractivity contribution in [2.24, 2.45) is 5.41 Å². The smallest absolute Gasteiger partial charge is 0.326 e. The lowest BCUT2D eigenvalue weighted by Gasteiger charge is -2.27. The van der Waals surface area contributed by atoms with Gasteiger partial charge in [-0.05, 0) is 23.1 Å². The zero-order valence-electron chi connectivity index (χ0n) is 11.5. The van der Waals surface area contributed by atoms with Gasteiger partial charge in [-0.1, -0.05) is 50.0 Å². The van der Waals surface area contributed by atoms with Crippen molar-refractivity contribution in [3.05, 3.63) is 33.8 Å². The Labute approximate surface area is 128 Å². The van der Waals surface area contributed by atoms with E-state index in [9.17, 15) is 9.59 Å². The van der Waals surface area contributed by atoms with Crippen molar-refractivity contribution in [3.63, 3.8) is 0 Å². The number of aliphatic carboxylic acids is 1. The van der Waals surface area contributed by atoms with Crippen molar-refractivity contribution in [1.29, 1.82) is 0 Å². The number of rotatable bonds is 4. The molecule has 20 heavy (non-hydrogen) atoms. The number of benzene rings is 1. The number of carboxylic acids is 1. The molecule has 1 rings (SSSR count). The van der Waals surface area contributed by atoms with Crippen LogP contribution >= 0.6 is 23.2 Å². The minimum absolute atomic E-state index is 0.00978. The Morgan fingerprint density at radius 1 is 1.30 bits per heavy atom. The molecule has 0 fully saturated rings. The molecule has 0 aliphatic carbocycles. The molecule has 0 saturated carbocycles. The van der Waals surface area contributed by atoms with Crippen LogP contribution in [0.4, 0.5) is 0 Å². The highest BCUT2D eigenvalue weighted by Gasteiger charge is 2.32. The number of halogens is 2. The summed E-state index contributed by atoms with van der Waals surface area (Å²) in [5.41, 5.74) is 0.0253. The van der Waals surface area contributed by atoms with Gasteiger partial charge in [0.15, 0.2) is 0 Å². The summed E-state index contributed by atoms with van der Waals surface area (Å²) in [6, 6.07) is 3.87. The average molecular weight is 318 g/mol. The van der Waals surface area contributed by atoms with Gasteiger partial charge in [0.2, 0.25) is 5.91 Å². The van der Waals surface area contributed by atoms with Crippen molar-refractivity contribution in [2.75, 3.05) is 0 Å². The van der Waals surface area contributed by atoms with E-state index in [0.29, 0.717) is 15.6 Å². The highest BCUT2D eigenvalue weighted by molar-refractivity contribution is 6.35. The van der Waals surface area contributed by atoms with Crippen LogP contribution in [0.5, 0.6) is 0 Å². The van der Waals surface area contributed by atoms with E-state index < -0.39 is 23.3 Å². The van der Waals surface area contributed by atoms with Crippen LogP contribution in [0.1, 0.15) is 26.3 Å². The molecule has 1 atom stereocenters. The average Bonchev–Trinajstić information content (AvgIpc) is 2.28. The lowest BCUT2D eigenvalue weighted by Crippen LogP contribution is -2.49. The number of carbonyl (C=O) groups is 2. The van der Waals surface area contributed by atoms with Gasteiger partial charge < -0.3 is 10.4 Å². The fourth-order valence-electron chi connectivity index (χ4n) is 1.70. The van der Waals surface area contributed by atoms with Gasteiger partial charge >= 0.3 is 5.97 Å². The first kappa shape index (κ1) is 16.8. The summed E-state index contributed by atoms with van der Waals surface area (Å²) >= 11 is 11.8. The predicted octanol–water partition coefficient (Wildman–Crippen LogP) is 3.15. The monoisotopic (exact) mass is 317 g/mol. The Morgan fingerprint density at radius 3 is 2.35 bits per heavy atom. The number of nitrogens with one attached hydrogen (secondary N) is 1. The summed E-state index contributed by atoms with van der Waals surface area (Å²) in [7, 11) is 0. The van der Waals surface area contributed by atoms with Crippen LogP contribution in [0.15, 0.2) is 18.2 Å². The normalized spacial score (nSPS) is 12.8. The lowest BCUT2D eigenvalue weighted by atomic mass is 9.86. The van der Waals surface area contributed by atoms with E-state index in [1.165, 1.54) is 0 Å². The fraction of sp³-hybridized carbons (Fsp3) is 0.429. The van der Waals surface area contributed by atoms with Gasteiger partial charge in [-0.3, -0.25) is 4.79 Å². The Balaban J connectivity index is 2.79. The number of carboxylic acid groups (broad SMARTS) is 1. The van der Waals surface area contributed by atoms with Gasteiger partial charge in [-0.2, -0.15) is 0 Å². The van der Waals surface area contributed by atoms with Gasteiger partial charge in [0.25, 0.3) is 0 Å². The molecule has 0 bridgehead atoms. The second-order valence-corrected chi connectivity index (χ2v) is 6.46. The largest absolute Gasteiger partial charge is 0.480 e. The standard InChI is InChI=1S/C14H17Cl2NO3/c1-14(2,3)12(13(19)20)17-11(18)6-8-4-5-9(15)7-10(8)16/h4-5,7,12H,6H2,1-3H3,(H,17,18)(H,19,20)/t12-/m0/s1. The van der Waals surface area contributed by atoms with E-state index in [4.69, 9.17) is 28.3 Å². The SMILES string of the molecule is CC(C)(C)[C@@H](NC(=O)Cc1ccc(Cl)cc1Cl)C(=O)O. The molecule has 1 aromatic rings. The minimum Gasteiger partial charge on any atom is -0.480 e. The summed E-state index contributed by atoms with van der Waals surface area (Å²) in [6.45, 7) is 5.25. The minimum atomic E-state index is -1.06. The topological polar surface area (TPSA) is 66.4 Å². The number of amides is 1. The Kier molecular flexibility index (Phi) is 5.42. The third-order valence-electron chi connectivity index (χ3n) is 2.78. The number of hydrogen-bond acceptors (Lipinski definition) is 2. The van der Waals surface area contributed by atoms with Crippen LogP contribution in [-0.4, -0.2) is 23.0 Å². The van der Waals surface area contributed by atoms with Gasteiger partial charge in [0.1, 0.15) is 6.04 Å². The first-order valence-electron chi connectivity index (χ1n) is 6.07. The first-order chi connectivity index (χ1) is 9.11. The molecule has 1 aromatic carbocycles. The molecule has 0 aliphatic rings. The highest BCUT2D eigenvalue weighted by Crippen LogP contribution is 2.22. The predicted molar refractivity (Wildman–Crippen MR) is 79.2 cm³/mol. The summed E-state index contributed by atoms with van der Waals surface area (Å²) in [5.74, 6) is -1.45. The molecule has 0 unspecified atom stereocenters. The molecular formula is C14H17Cl2NO3. The van der Waals surface area contributed by atoms with Crippen molar-refractivity contribution in [1.82, 2.24) is 5.32 Å². The lowest BCUT2D eigenvalue weighted by molar-refractivity contribution is -0.144. The van der Waals surface area contributed by atoms with Gasteiger partial charge in [0, 0.05) is 10.0 Å². The Bertz CT molecular complexity index is 524. The molecule has 0 spiro atoms. The molecule has 2 N–H and O–H groups in total. The number of carbonyl (C=O) groups excluding carboxylic acids is 1. The maximum Gasteiger partial charge on any atom is 0.326 e. The van der Waals surface area contributed by atoms with Crippen molar-refractivity contribution < 1.29 is 14.7 Å². The maximum absolute atomic E-state index is 11.9.